The van der Waals surface area contributed by atoms with Gasteiger partial charge in [0, 0.05) is 6.92 Å². The van der Waals surface area contributed by atoms with Crippen molar-refractivity contribution in [2.75, 3.05) is 6.54 Å². The molecule has 3 amide bonds. The fourth-order valence-corrected chi connectivity index (χ4v) is 2.96. The monoisotopic (exact) mass is 312 g/mol. The highest BCUT2D eigenvalue weighted by Gasteiger charge is 2.27. The molecule has 1 aliphatic rings. The minimum Gasteiger partial charge on any atom is -0.368 e. The SMILES string of the molecule is CC(=O)NC(CCN)C(=O)NC(CC1CCCCC1)C(N)=O. The Labute approximate surface area is 131 Å². The third-order valence-electron chi connectivity index (χ3n) is 4.10. The predicted molar refractivity (Wildman–Crippen MR) is 83.6 cm³/mol. The Hall–Kier alpha value is -1.63. The second-order valence-corrected chi connectivity index (χ2v) is 6.03. The molecular formula is C15H28N4O3. The number of primary amides is 1. The number of nitrogens with one attached hydrogen (secondary N) is 2. The van der Waals surface area contributed by atoms with E-state index in [2.05, 4.69) is 10.6 Å². The van der Waals surface area contributed by atoms with Crippen molar-refractivity contribution in [3.05, 3.63) is 0 Å². The normalized spacial score (nSPS) is 18.3. The molecule has 1 fully saturated rings. The van der Waals surface area contributed by atoms with Crippen molar-refractivity contribution in [1.82, 2.24) is 10.6 Å². The van der Waals surface area contributed by atoms with Crippen molar-refractivity contribution in [2.45, 2.75) is 64.0 Å². The summed E-state index contributed by atoms with van der Waals surface area (Å²) in [6.45, 7) is 1.60. The van der Waals surface area contributed by atoms with Crippen LogP contribution < -0.4 is 22.1 Å². The molecule has 7 nitrogen and oxygen atoms in total. The Morgan fingerprint density at radius 1 is 1.09 bits per heavy atom. The molecule has 22 heavy (non-hydrogen) atoms. The van der Waals surface area contributed by atoms with Crippen molar-refractivity contribution >= 4 is 17.7 Å². The zero-order valence-corrected chi connectivity index (χ0v) is 13.3. The number of amides is 3. The average Bonchev–Trinajstić information content (AvgIpc) is 2.46. The van der Waals surface area contributed by atoms with Crippen molar-refractivity contribution in [2.24, 2.45) is 17.4 Å². The van der Waals surface area contributed by atoms with Crippen LogP contribution in [0.15, 0.2) is 0 Å². The van der Waals surface area contributed by atoms with Crippen LogP contribution in [0.4, 0.5) is 0 Å². The zero-order valence-electron chi connectivity index (χ0n) is 13.3. The van der Waals surface area contributed by atoms with E-state index in [9.17, 15) is 14.4 Å². The number of hydrogen-bond donors (Lipinski definition) is 4. The second-order valence-electron chi connectivity index (χ2n) is 6.03. The van der Waals surface area contributed by atoms with Gasteiger partial charge in [0.15, 0.2) is 0 Å². The third kappa shape index (κ3) is 6.43. The Bertz CT molecular complexity index is 394. The molecule has 0 aromatic rings. The van der Waals surface area contributed by atoms with E-state index in [1.807, 2.05) is 0 Å². The Morgan fingerprint density at radius 2 is 1.73 bits per heavy atom. The van der Waals surface area contributed by atoms with Crippen LogP contribution in [-0.2, 0) is 14.4 Å². The number of nitrogens with two attached hydrogens (primary N) is 2. The van der Waals surface area contributed by atoms with E-state index in [0.29, 0.717) is 18.8 Å². The summed E-state index contributed by atoms with van der Waals surface area (Å²) in [7, 11) is 0. The van der Waals surface area contributed by atoms with Crippen LogP contribution in [0.3, 0.4) is 0 Å². The van der Waals surface area contributed by atoms with E-state index in [4.69, 9.17) is 11.5 Å². The van der Waals surface area contributed by atoms with Crippen molar-refractivity contribution in [3.8, 4) is 0 Å². The molecule has 2 unspecified atom stereocenters. The Morgan fingerprint density at radius 3 is 2.23 bits per heavy atom. The molecule has 2 atom stereocenters. The van der Waals surface area contributed by atoms with Crippen LogP contribution >= 0.6 is 0 Å². The summed E-state index contributed by atoms with van der Waals surface area (Å²) in [5, 5.41) is 5.22. The minimum absolute atomic E-state index is 0.266. The molecule has 0 radical (unpaired) electrons. The van der Waals surface area contributed by atoms with E-state index < -0.39 is 23.9 Å². The summed E-state index contributed by atoms with van der Waals surface area (Å²) >= 11 is 0. The summed E-state index contributed by atoms with van der Waals surface area (Å²) in [6.07, 6.45) is 6.56. The maximum absolute atomic E-state index is 12.2. The smallest absolute Gasteiger partial charge is 0.243 e. The first-order valence-corrected chi connectivity index (χ1v) is 8.01. The van der Waals surface area contributed by atoms with E-state index in [1.165, 1.54) is 13.3 Å². The van der Waals surface area contributed by atoms with Gasteiger partial charge in [0.25, 0.3) is 0 Å². The van der Waals surface area contributed by atoms with Gasteiger partial charge in [-0.15, -0.1) is 0 Å². The van der Waals surface area contributed by atoms with Crippen LogP contribution in [0.5, 0.6) is 0 Å². The highest BCUT2D eigenvalue weighted by Crippen LogP contribution is 2.27. The van der Waals surface area contributed by atoms with Crippen LogP contribution in [0, 0.1) is 5.92 Å². The number of carbonyl (C=O) groups is 3. The molecule has 0 aromatic carbocycles. The average molecular weight is 312 g/mol. The topological polar surface area (TPSA) is 127 Å². The Balaban J connectivity index is 2.60. The minimum atomic E-state index is -0.726. The number of carbonyl (C=O) groups excluding carboxylic acids is 3. The molecular weight excluding hydrogens is 284 g/mol. The second kappa shape index (κ2) is 9.40. The Kier molecular flexibility index (Phi) is 7.87. The van der Waals surface area contributed by atoms with Crippen molar-refractivity contribution in [3.63, 3.8) is 0 Å². The third-order valence-corrected chi connectivity index (χ3v) is 4.10. The maximum atomic E-state index is 12.2. The van der Waals surface area contributed by atoms with Crippen molar-refractivity contribution in [1.29, 1.82) is 0 Å². The van der Waals surface area contributed by atoms with Crippen LogP contribution in [0.25, 0.3) is 0 Å². The van der Waals surface area contributed by atoms with Gasteiger partial charge in [-0.25, -0.2) is 0 Å². The first-order valence-electron chi connectivity index (χ1n) is 8.01. The lowest BCUT2D eigenvalue weighted by Gasteiger charge is -2.27. The number of rotatable bonds is 8. The van der Waals surface area contributed by atoms with Crippen LogP contribution in [0.1, 0.15) is 51.9 Å². The molecule has 6 N–H and O–H groups in total. The van der Waals surface area contributed by atoms with Gasteiger partial charge in [-0.05, 0) is 25.3 Å². The zero-order chi connectivity index (χ0) is 16.5. The highest BCUT2D eigenvalue weighted by molar-refractivity contribution is 5.91. The largest absolute Gasteiger partial charge is 0.368 e. The van der Waals surface area contributed by atoms with E-state index >= 15 is 0 Å². The predicted octanol–water partition coefficient (Wildman–Crippen LogP) is -0.220. The quantitative estimate of drug-likeness (QED) is 0.494. The van der Waals surface area contributed by atoms with Gasteiger partial charge in [0.05, 0.1) is 0 Å². The van der Waals surface area contributed by atoms with E-state index in [-0.39, 0.29) is 12.5 Å². The first-order chi connectivity index (χ1) is 10.4. The lowest BCUT2D eigenvalue weighted by atomic mass is 9.84. The number of hydrogen-bond acceptors (Lipinski definition) is 4. The fraction of sp³-hybridized carbons (Fsp3) is 0.800. The summed E-state index contributed by atoms with van der Waals surface area (Å²) < 4.78 is 0. The molecule has 1 saturated carbocycles. The van der Waals surface area contributed by atoms with Gasteiger partial charge in [-0.1, -0.05) is 32.1 Å². The molecule has 1 rings (SSSR count). The van der Waals surface area contributed by atoms with Gasteiger partial charge >= 0.3 is 0 Å². The molecule has 0 aromatic heterocycles. The van der Waals surface area contributed by atoms with Gasteiger partial charge in [0.2, 0.25) is 17.7 Å². The maximum Gasteiger partial charge on any atom is 0.243 e. The van der Waals surface area contributed by atoms with Gasteiger partial charge < -0.3 is 22.1 Å². The van der Waals surface area contributed by atoms with Gasteiger partial charge in [-0.2, -0.15) is 0 Å². The standard InChI is InChI=1S/C15H28N4O3/c1-10(20)18-12(7-8-16)15(22)19-13(14(17)21)9-11-5-3-2-4-6-11/h11-13H,2-9,16H2,1H3,(H2,17,21)(H,18,20)(H,19,22). The van der Waals surface area contributed by atoms with E-state index in [0.717, 1.165) is 25.7 Å². The van der Waals surface area contributed by atoms with Crippen LogP contribution in [0.2, 0.25) is 0 Å². The molecule has 0 saturated heterocycles. The summed E-state index contributed by atoms with van der Waals surface area (Å²) in [4.78, 5) is 35.0. The summed E-state index contributed by atoms with van der Waals surface area (Å²) in [6, 6.07) is -1.42. The van der Waals surface area contributed by atoms with Crippen molar-refractivity contribution < 1.29 is 14.4 Å². The molecule has 0 bridgehead atoms. The van der Waals surface area contributed by atoms with Gasteiger partial charge in [-0.3, -0.25) is 14.4 Å². The van der Waals surface area contributed by atoms with E-state index in [1.54, 1.807) is 0 Å². The fourth-order valence-electron chi connectivity index (χ4n) is 2.96. The molecule has 7 heteroatoms. The molecule has 1 aliphatic carbocycles. The van der Waals surface area contributed by atoms with Crippen LogP contribution in [-0.4, -0.2) is 36.3 Å². The molecule has 0 aliphatic heterocycles. The molecule has 0 heterocycles. The summed E-state index contributed by atoms with van der Waals surface area (Å²) in [5.74, 6) is -0.828. The van der Waals surface area contributed by atoms with Gasteiger partial charge in [0.1, 0.15) is 12.1 Å². The molecule has 126 valence electrons. The first kappa shape index (κ1) is 18.4. The highest BCUT2D eigenvalue weighted by atomic mass is 16.2. The lowest BCUT2D eigenvalue weighted by Crippen LogP contribution is -2.53. The molecule has 0 spiro atoms. The lowest BCUT2D eigenvalue weighted by molar-refractivity contribution is -0.131. The summed E-state index contributed by atoms with van der Waals surface area (Å²) in [5.41, 5.74) is 10.9.